The van der Waals surface area contributed by atoms with E-state index >= 15 is 0 Å². The molecule has 0 atom stereocenters. The number of aryl methyl sites for hydroxylation is 2. The number of amides is 2. The van der Waals surface area contributed by atoms with E-state index in [1.807, 2.05) is 58.3 Å². The summed E-state index contributed by atoms with van der Waals surface area (Å²) in [4.78, 5) is 29.2. The molecule has 3 rings (SSSR count). The van der Waals surface area contributed by atoms with Crippen molar-refractivity contribution in [2.45, 2.75) is 32.1 Å². The molecule has 0 unspecified atom stereocenters. The van der Waals surface area contributed by atoms with Crippen LogP contribution in [0, 0.1) is 0 Å². The van der Waals surface area contributed by atoms with Crippen LogP contribution in [0.3, 0.4) is 0 Å². The number of rotatable bonds is 8. The second-order valence-corrected chi connectivity index (χ2v) is 7.81. The van der Waals surface area contributed by atoms with Crippen molar-refractivity contribution in [3.8, 4) is 11.5 Å². The third kappa shape index (κ3) is 6.74. The van der Waals surface area contributed by atoms with Gasteiger partial charge in [0.25, 0.3) is 0 Å². The Morgan fingerprint density at radius 3 is 1.90 bits per heavy atom. The Balaban J connectivity index is 1.44. The Morgan fingerprint density at radius 2 is 1.32 bits per heavy atom. The van der Waals surface area contributed by atoms with Gasteiger partial charge in [-0.1, -0.05) is 24.3 Å². The van der Waals surface area contributed by atoms with Gasteiger partial charge < -0.3 is 19.3 Å². The highest BCUT2D eigenvalue weighted by molar-refractivity contribution is 5.78. The number of ether oxygens (including phenoxy) is 2. The summed E-state index contributed by atoms with van der Waals surface area (Å²) in [7, 11) is 3.29. The largest absolute Gasteiger partial charge is 0.497 e. The third-order valence-corrected chi connectivity index (χ3v) is 5.75. The molecular weight excluding hydrogens is 392 g/mol. The number of hydrogen-bond acceptors (Lipinski definition) is 4. The number of hydrogen-bond donors (Lipinski definition) is 0. The zero-order chi connectivity index (χ0) is 22.1. The molecule has 0 aromatic heterocycles. The molecule has 0 aliphatic carbocycles. The molecule has 1 saturated heterocycles. The van der Waals surface area contributed by atoms with E-state index in [9.17, 15) is 9.59 Å². The first-order chi connectivity index (χ1) is 15.1. The summed E-state index contributed by atoms with van der Waals surface area (Å²) >= 11 is 0. The van der Waals surface area contributed by atoms with Crippen LogP contribution in [0.5, 0.6) is 11.5 Å². The van der Waals surface area contributed by atoms with Crippen LogP contribution in [0.25, 0.3) is 0 Å². The average Bonchev–Trinajstić information content (AvgIpc) is 3.08. The molecule has 6 heteroatoms. The van der Waals surface area contributed by atoms with E-state index < -0.39 is 0 Å². The van der Waals surface area contributed by atoms with Gasteiger partial charge in [0.15, 0.2) is 0 Å². The number of methoxy groups -OCH3 is 2. The summed E-state index contributed by atoms with van der Waals surface area (Å²) in [6, 6.07) is 15.7. The lowest BCUT2D eigenvalue weighted by molar-refractivity contribution is -0.133. The van der Waals surface area contributed by atoms with Gasteiger partial charge >= 0.3 is 0 Å². The molecule has 1 aliphatic heterocycles. The van der Waals surface area contributed by atoms with Crippen LogP contribution >= 0.6 is 0 Å². The lowest BCUT2D eigenvalue weighted by atomic mass is 10.1. The number of nitrogens with zero attached hydrogens (tertiary/aromatic N) is 2. The summed E-state index contributed by atoms with van der Waals surface area (Å²) in [6.07, 6.45) is 3.17. The Hall–Kier alpha value is -3.02. The zero-order valence-corrected chi connectivity index (χ0v) is 18.5. The SMILES string of the molecule is COc1ccc(CCC(=O)N2CCCN(C(=O)CCc3cccc(OC)c3)CC2)cc1. The number of carbonyl (C=O) groups excluding carboxylic acids is 2. The third-order valence-electron chi connectivity index (χ3n) is 5.75. The molecule has 1 heterocycles. The molecule has 1 aliphatic rings. The quantitative estimate of drug-likeness (QED) is 0.652. The minimum atomic E-state index is 0.148. The van der Waals surface area contributed by atoms with Crippen molar-refractivity contribution < 1.29 is 19.1 Å². The van der Waals surface area contributed by atoms with Crippen molar-refractivity contribution in [2.24, 2.45) is 0 Å². The first-order valence-electron chi connectivity index (χ1n) is 10.9. The maximum atomic E-state index is 12.7. The van der Waals surface area contributed by atoms with Crippen LogP contribution in [-0.2, 0) is 22.4 Å². The monoisotopic (exact) mass is 424 g/mol. The molecule has 2 aromatic rings. The number of benzene rings is 2. The minimum Gasteiger partial charge on any atom is -0.497 e. The Labute approximate surface area is 184 Å². The molecule has 0 spiro atoms. The van der Waals surface area contributed by atoms with Crippen molar-refractivity contribution in [1.29, 1.82) is 0 Å². The predicted octanol–water partition coefficient (Wildman–Crippen LogP) is 3.33. The van der Waals surface area contributed by atoms with Gasteiger partial charge in [-0.05, 0) is 54.7 Å². The van der Waals surface area contributed by atoms with Gasteiger partial charge in [0.2, 0.25) is 11.8 Å². The van der Waals surface area contributed by atoms with Crippen LogP contribution in [0.15, 0.2) is 48.5 Å². The van der Waals surface area contributed by atoms with Crippen molar-refractivity contribution >= 4 is 11.8 Å². The van der Waals surface area contributed by atoms with Gasteiger partial charge in [-0.2, -0.15) is 0 Å². The van der Waals surface area contributed by atoms with Crippen molar-refractivity contribution in [2.75, 3.05) is 40.4 Å². The number of carbonyl (C=O) groups is 2. The standard InChI is InChI=1S/C25H32N2O4/c1-30-22-11-7-20(8-12-22)9-13-24(28)26-15-4-16-27(18-17-26)25(29)14-10-21-5-3-6-23(19-21)31-2/h3,5-8,11-12,19H,4,9-10,13-18H2,1-2H3. The summed E-state index contributed by atoms with van der Waals surface area (Å²) in [5.74, 6) is 1.93. The van der Waals surface area contributed by atoms with E-state index in [-0.39, 0.29) is 11.8 Å². The van der Waals surface area contributed by atoms with Gasteiger partial charge in [0, 0.05) is 39.0 Å². The molecule has 2 aromatic carbocycles. The lowest BCUT2D eigenvalue weighted by Gasteiger charge is -2.22. The normalized spacial score (nSPS) is 14.1. The summed E-state index contributed by atoms with van der Waals surface area (Å²) in [5.41, 5.74) is 2.22. The van der Waals surface area contributed by atoms with E-state index in [0.717, 1.165) is 29.0 Å². The van der Waals surface area contributed by atoms with Gasteiger partial charge in [-0.3, -0.25) is 9.59 Å². The smallest absolute Gasteiger partial charge is 0.222 e. The minimum absolute atomic E-state index is 0.148. The zero-order valence-electron chi connectivity index (χ0n) is 18.5. The second-order valence-electron chi connectivity index (χ2n) is 7.81. The molecule has 1 fully saturated rings. The topological polar surface area (TPSA) is 59.1 Å². The van der Waals surface area contributed by atoms with Crippen LogP contribution in [0.4, 0.5) is 0 Å². The highest BCUT2D eigenvalue weighted by atomic mass is 16.5. The molecule has 0 N–H and O–H groups in total. The molecule has 31 heavy (non-hydrogen) atoms. The fourth-order valence-electron chi connectivity index (χ4n) is 3.86. The second kappa shape index (κ2) is 11.4. The Bertz CT molecular complexity index is 866. The Kier molecular flexibility index (Phi) is 8.33. The first kappa shape index (κ1) is 22.7. The van der Waals surface area contributed by atoms with Crippen LogP contribution in [-0.4, -0.2) is 62.0 Å². The van der Waals surface area contributed by atoms with E-state index in [1.54, 1.807) is 14.2 Å². The fourth-order valence-corrected chi connectivity index (χ4v) is 3.86. The lowest BCUT2D eigenvalue weighted by Crippen LogP contribution is -2.37. The van der Waals surface area contributed by atoms with Gasteiger partial charge in [-0.25, -0.2) is 0 Å². The highest BCUT2D eigenvalue weighted by Gasteiger charge is 2.21. The summed E-state index contributed by atoms with van der Waals surface area (Å²) in [5, 5.41) is 0. The molecule has 6 nitrogen and oxygen atoms in total. The van der Waals surface area contributed by atoms with Crippen molar-refractivity contribution in [1.82, 2.24) is 9.80 Å². The Morgan fingerprint density at radius 1 is 0.742 bits per heavy atom. The van der Waals surface area contributed by atoms with E-state index in [0.29, 0.717) is 51.9 Å². The van der Waals surface area contributed by atoms with Crippen LogP contribution < -0.4 is 9.47 Å². The van der Waals surface area contributed by atoms with Crippen molar-refractivity contribution in [3.05, 3.63) is 59.7 Å². The van der Waals surface area contributed by atoms with Gasteiger partial charge in [0.05, 0.1) is 14.2 Å². The molecule has 2 amide bonds. The van der Waals surface area contributed by atoms with E-state index in [4.69, 9.17) is 9.47 Å². The molecule has 0 bridgehead atoms. The van der Waals surface area contributed by atoms with E-state index in [1.165, 1.54) is 0 Å². The molecule has 0 saturated carbocycles. The highest BCUT2D eigenvalue weighted by Crippen LogP contribution is 2.16. The maximum Gasteiger partial charge on any atom is 0.222 e. The summed E-state index contributed by atoms with van der Waals surface area (Å²) < 4.78 is 10.4. The predicted molar refractivity (Wildman–Crippen MR) is 120 cm³/mol. The molecule has 166 valence electrons. The van der Waals surface area contributed by atoms with E-state index in [2.05, 4.69) is 0 Å². The fraction of sp³-hybridized carbons (Fsp3) is 0.440. The molecule has 0 radical (unpaired) electrons. The van der Waals surface area contributed by atoms with Crippen molar-refractivity contribution in [3.63, 3.8) is 0 Å². The average molecular weight is 425 g/mol. The first-order valence-corrected chi connectivity index (χ1v) is 10.9. The summed E-state index contributed by atoms with van der Waals surface area (Å²) in [6.45, 7) is 2.62. The van der Waals surface area contributed by atoms with Gasteiger partial charge in [-0.15, -0.1) is 0 Å². The van der Waals surface area contributed by atoms with Crippen LogP contribution in [0.1, 0.15) is 30.4 Å². The van der Waals surface area contributed by atoms with Crippen LogP contribution in [0.2, 0.25) is 0 Å². The van der Waals surface area contributed by atoms with Gasteiger partial charge in [0.1, 0.15) is 11.5 Å². The molecular formula is C25H32N2O4. The maximum absolute atomic E-state index is 12.7.